The van der Waals surface area contributed by atoms with Gasteiger partial charge in [-0.1, -0.05) is 20.8 Å². The van der Waals surface area contributed by atoms with E-state index in [1.165, 1.54) is 0 Å². The quantitative estimate of drug-likeness (QED) is 0.623. The Labute approximate surface area is 68.6 Å². The van der Waals surface area contributed by atoms with Crippen molar-refractivity contribution < 1.29 is 4.42 Å². The lowest BCUT2D eigenvalue weighted by molar-refractivity contribution is 0.476. The topological polar surface area (TPSA) is 26.0 Å². The van der Waals surface area contributed by atoms with Crippen LogP contribution in [0.25, 0.3) is 0 Å². The monoisotopic (exact) mass is 155 g/mol. The van der Waals surface area contributed by atoms with Crippen molar-refractivity contribution in [3.63, 3.8) is 0 Å². The molecule has 0 aromatic carbocycles. The zero-order valence-electron chi connectivity index (χ0n) is 8.06. The number of hydrogen-bond acceptors (Lipinski definition) is 2. The fourth-order valence-electron chi connectivity index (χ4n) is 0.690. The first kappa shape index (κ1) is 10.2. The molecule has 0 unspecified atom stereocenters. The van der Waals surface area contributed by atoms with Crippen LogP contribution in [-0.4, -0.2) is 4.98 Å². The Balaban J connectivity index is 0.000000461. The SMILES string of the molecule is CC.CCc1nc(C)c(C)o1. The summed E-state index contributed by atoms with van der Waals surface area (Å²) < 4.78 is 5.25. The molecular weight excluding hydrogens is 138 g/mol. The number of aryl methyl sites for hydroxylation is 3. The summed E-state index contributed by atoms with van der Waals surface area (Å²) in [5, 5.41) is 0. The predicted molar refractivity (Wildman–Crippen MR) is 46.7 cm³/mol. The van der Waals surface area contributed by atoms with Gasteiger partial charge in [-0.05, 0) is 13.8 Å². The maximum absolute atomic E-state index is 5.25. The van der Waals surface area contributed by atoms with Gasteiger partial charge >= 0.3 is 0 Å². The average molecular weight is 155 g/mol. The Morgan fingerprint density at radius 1 is 1.27 bits per heavy atom. The molecule has 1 aromatic heterocycles. The van der Waals surface area contributed by atoms with Crippen molar-refractivity contribution in [2.24, 2.45) is 0 Å². The van der Waals surface area contributed by atoms with Crippen LogP contribution in [0.15, 0.2) is 4.42 Å². The van der Waals surface area contributed by atoms with E-state index in [2.05, 4.69) is 4.98 Å². The number of hydrogen-bond donors (Lipinski definition) is 0. The molecule has 0 aliphatic carbocycles. The smallest absolute Gasteiger partial charge is 0.194 e. The lowest BCUT2D eigenvalue weighted by atomic mass is 10.4. The number of aromatic nitrogens is 1. The molecule has 2 nitrogen and oxygen atoms in total. The highest BCUT2D eigenvalue weighted by Gasteiger charge is 2.00. The van der Waals surface area contributed by atoms with Gasteiger partial charge in [0.25, 0.3) is 0 Å². The van der Waals surface area contributed by atoms with E-state index in [1.807, 2.05) is 34.6 Å². The minimum absolute atomic E-state index is 0.838. The van der Waals surface area contributed by atoms with Gasteiger partial charge in [-0.25, -0.2) is 4.98 Å². The summed E-state index contributed by atoms with van der Waals surface area (Å²) in [7, 11) is 0. The fourth-order valence-corrected chi connectivity index (χ4v) is 0.690. The molecule has 0 atom stereocenters. The van der Waals surface area contributed by atoms with E-state index >= 15 is 0 Å². The largest absolute Gasteiger partial charge is 0.446 e. The molecule has 11 heavy (non-hydrogen) atoms. The van der Waals surface area contributed by atoms with Gasteiger partial charge in [0.2, 0.25) is 0 Å². The van der Waals surface area contributed by atoms with E-state index in [1.54, 1.807) is 0 Å². The highest BCUT2D eigenvalue weighted by molar-refractivity contribution is 5.04. The Morgan fingerprint density at radius 2 is 1.82 bits per heavy atom. The lowest BCUT2D eigenvalue weighted by Crippen LogP contribution is -1.77. The molecule has 0 aliphatic rings. The highest BCUT2D eigenvalue weighted by Crippen LogP contribution is 2.07. The second-order valence-corrected chi connectivity index (χ2v) is 2.10. The Hall–Kier alpha value is -0.790. The standard InChI is InChI=1S/C7H11NO.C2H6/c1-4-7-8-5(2)6(3)9-7;1-2/h4H2,1-3H3;1-2H3. The van der Waals surface area contributed by atoms with Crippen LogP contribution < -0.4 is 0 Å². The van der Waals surface area contributed by atoms with Gasteiger partial charge in [0.15, 0.2) is 5.89 Å². The van der Waals surface area contributed by atoms with Crippen molar-refractivity contribution in [2.45, 2.75) is 41.0 Å². The number of rotatable bonds is 1. The zero-order chi connectivity index (χ0) is 8.85. The van der Waals surface area contributed by atoms with Gasteiger partial charge < -0.3 is 4.42 Å². The van der Waals surface area contributed by atoms with Crippen molar-refractivity contribution in [2.75, 3.05) is 0 Å². The Kier molecular flexibility index (Phi) is 4.59. The molecule has 0 fully saturated rings. The van der Waals surface area contributed by atoms with Crippen LogP contribution in [0.3, 0.4) is 0 Å². The summed E-state index contributed by atoms with van der Waals surface area (Å²) in [6.07, 6.45) is 0.884. The van der Waals surface area contributed by atoms with Crippen LogP contribution in [0.5, 0.6) is 0 Å². The molecule has 0 saturated carbocycles. The van der Waals surface area contributed by atoms with Crippen LogP contribution in [0, 0.1) is 13.8 Å². The van der Waals surface area contributed by atoms with E-state index in [-0.39, 0.29) is 0 Å². The Bertz CT molecular complexity index is 184. The van der Waals surface area contributed by atoms with Gasteiger partial charge in [0.1, 0.15) is 5.76 Å². The van der Waals surface area contributed by atoms with Crippen LogP contribution in [-0.2, 0) is 6.42 Å². The molecule has 64 valence electrons. The average Bonchev–Trinajstić information content (AvgIpc) is 2.36. The summed E-state index contributed by atoms with van der Waals surface area (Å²) in [6, 6.07) is 0. The van der Waals surface area contributed by atoms with Gasteiger partial charge in [0, 0.05) is 6.42 Å². The van der Waals surface area contributed by atoms with E-state index < -0.39 is 0 Å². The summed E-state index contributed by atoms with van der Waals surface area (Å²) in [6.45, 7) is 9.92. The third-order valence-corrected chi connectivity index (χ3v) is 1.38. The lowest BCUT2D eigenvalue weighted by Gasteiger charge is -1.80. The second-order valence-electron chi connectivity index (χ2n) is 2.10. The first-order chi connectivity index (χ1) is 5.24. The molecule has 0 aliphatic heterocycles. The molecule has 1 aromatic rings. The van der Waals surface area contributed by atoms with Crippen molar-refractivity contribution >= 4 is 0 Å². The van der Waals surface area contributed by atoms with Crippen LogP contribution in [0.4, 0.5) is 0 Å². The normalized spacial score (nSPS) is 8.82. The molecule has 1 rings (SSSR count). The minimum Gasteiger partial charge on any atom is -0.446 e. The van der Waals surface area contributed by atoms with E-state index in [4.69, 9.17) is 4.42 Å². The molecule has 0 amide bonds. The maximum Gasteiger partial charge on any atom is 0.194 e. The summed E-state index contributed by atoms with van der Waals surface area (Å²) >= 11 is 0. The maximum atomic E-state index is 5.25. The molecular formula is C9H17NO. The Morgan fingerprint density at radius 3 is 2.00 bits per heavy atom. The summed E-state index contributed by atoms with van der Waals surface area (Å²) in [4.78, 5) is 4.16. The number of nitrogens with zero attached hydrogens (tertiary/aromatic N) is 1. The second kappa shape index (κ2) is 4.94. The molecule has 0 bridgehead atoms. The molecule has 2 heteroatoms. The zero-order valence-corrected chi connectivity index (χ0v) is 8.06. The molecule has 0 N–H and O–H groups in total. The first-order valence-corrected chi connectivity index (χ1v) is 4.17. The first-order valence-electron chi connectivity index (χ1n) is 4.17. The van der Waals surface area contributed by atoms with E-state index in [0.717, 1.165) is 23.8 Å². The summed E-state index contributed by atoms with van der Waals surface area (Å²) in [5.41, 5.74) is 1.01. The predicted octanol–water partition coefficient (Wildman–Crippen LogP) is 2.88. The number of oxazole rings is 1. The van der Waals surface area contributed by atoms with Crippen LogP contribution in [0.1, 0.15) is 38.1 Å². The minimum atomic E-state index is 0.838. The van der Waals surface area contributed by atoms with Gasteiger partial charge in [0.05, 0.1) is 5.69 Å². The van der Waals surface area contributed by atoms with E-state index in [9.17, 15) is 0 Å². The molecule has 0 spiro atoms. The van der Waals surface area contributed by atoms with Crippen molar-refractivity contribution in [3.05, 3.63) is 17.3 Å². The van der Waals surface area contributed by atoms with Gasteiger partial charge in [-0.15, -0.1) is 0 Å². The van der Waals surface area contributed by atoms with E-state index in [0.29, 0.717) is 0 Å². The molecule has 1 heterocycles. The third kappa shape index (κ3) is 2.74. The third-order valence-electron chi connectivity index (χ3n) is 1.38. The van der Waals surface area contributed by atoms with Crippen molar-refractivity contribution in [1.29, 1.82) is 0 Å². The van der Waals surface area contributed by atoms with Crippen molar-refractivity contribution in [1.82, 2.24) is 4.98 Å². The van der Waals surface area contributed by atoms with Gasteiger partial charge in [-0.2, -0.15) is 0 Å². The fraction of sp³-hybridized carbons (Fsp3) is 0.667. The van der Waals surface area contributed by atoms with Gasteiger partial charge in [-0.3, -0.25) is 0 Å². The van der Waals surface area contributed by atoms with Crippen molar-refractivity contribution in [3.8, 4) is 0 Å². The molecule has 0 radical (unpaired) electrons. The molecule has 0 saturated heterocycles. The highest BCUT2D eigenvalue weighted by atomic mass is 16.4. The van der Waals surface area contributed by atoms with Crippen LogP contribution >= 0.6 is 0 Å². The van der Waals surface area contributed by atoms with Crippen LogP contribution in [0.2, 0.25) is 0 Å². The summed E-state index contributed by atoms with van der Waals surface area (Å²) in [5.74, 6) is 1.77.